The van der Waals surface area contributed by atoms with Gasteiger partial charge in [0.05, 0.1) is 12.2 Å². The van der Waals surface area contributed by atoms with Crippen molar-refractivity contribution in [3.63, 3.8) is 0 Å². The predicted octanol–water partition coefficient (Wildman–Crippen LogP) is 3.05. The van der Waals surface area contributed by atoms with Crippen LogP contribution in [0, 0.1) is 0 Å². The van der Waals surface area contributed by atoms with Gasteiger partial charge in [-0.15, -0.1) is 24.0 Å². The van der Waals surface area contributed by atoms with Gasteiger partial charge in [0.1, 0.15) is 11.4 Å². The molecule has 1 aliphatic heterocycles. The van der Waals surface area contributed by atoms with Crippen molar-refractivity contribution in [2.45, 2.75) is 38.3 Å². The predicted molar refractivity (Wildman–Crippen MR) is 115 cm³/mol. The molecule has 1 unspecified atom stereocenters. The highest BCUT2D eigenvalue weighted by Gasteiger charge is 2.33. The van der Waals surface area contributed by atoms with E-state index in [9.17, 15) is 0 Å². The molecule has 2 aromatic rings. The van der Waals surface area contributed by atoms with E-state index in [2.05, 4.69) is 40.6 Å². The second-order valence-electron chi connectivity index (χ2n) is 7.07. The topological polar surface area (TPSA) is 63.5 Å². The molecule has 0 saturated heterocycles. The van der Waals surface area contributed by atoms with E-state index in [1.165, 1.54) is 11.1 Å². The average Bonchev–Trinajstić information content (AvgIpc) is 2.98. The Morgan fingerprint density at radius 1 is 1.38 bits per heavy atom. The van der Waals surface area contributed by atoms with Crippen LogP contribution in [0.3, 0.4) is 0 Å². The minimum Gasteiger partial charge on any atom is -0.487 e. The highest BCUT2D eigenvalue weighted by molar-refractivity contribution is 14.0. The van der Waals surface area contributed by atoms with Crippen LogP contribution in [-0.4, -0.2) is 34.9 Å². The third-order valence-corrected chi connectivity index (χ3v) is 4.38. The molecule has 26 heavy (non-hydrogen) atoms. The lowest BCUT2D eigenvalue weighted by atomic mass is 9.90. The van der Waals surface area contributed by atoms with Crippen LogP contribution >= 0.6 is 24.0 Å². The first-order chi connectivity index (χ1) is 12.0. The maximum atomic E-state index is 6.10. The number of guanidine groups is 1. The Morgan fingerprint density at radius 2 is 2.15 bits per heavy atom. The number of nitrogens with one attached hydrogen (secondary N) is 2. The van der Waals surface area contributed by atoms with Crippen LogP contribution in [0.5, 0.6) is 5.75 Å². The van der Waals surface area contributed by atoms with Crippen molar-refractivity contribution in [1.29, 1.82) is 0 Å². The normalized spacial score (nSPS) is 18.3. The molecule has 142 valence electrons. The first-order valence-corrected chi connectivity index (χ1v) is 8.69. The summed E-state index contributed by atoms with van der Waals surface area (Å²) in [6, 6.07) is 8.38. The SMILES string of the molecule is CN=C(NCCc1cnn(C)c1)NC1CC(C)(C)Oc2ccccc21.I. The summed E-state index contributed by atoms with van der Waals surface area (Å²) in [5.41, 5.74) is 2.18. The van der Waals surface area contributed by atoms with Crippen LogP contribution < -0.4 is 15.4 Å². The largest absolute Gasteiger partial charge is 0.487 e. The fraction of sp³-hybridized carbons (Fsp3) is 0.474. The van der Waals surface area contributed by atoms with E-state index in [1.54, 1.807) is 7.05 Å². The number of aromatic nitrogens is 2. The van der Waals surface area contributed by atoms with Crippen LogP contribution in [0.15, 0.2) is 41.7 Å². The fourth-order valence-corrected chi connectivity index (χ4v) is 3.22. The monoisotopic (exact) mass is 469 g/mol. The number of nitrogens with zero attached hydrogens (tertiary/aromatic N) is 3. The number of aryl methyl sites for hydroxylation is 1. The summed E-state index contributed by atoms with van der Waals surface area (Å²) in [5, 5.41) is 11.1. The second-order valence-corrected chi connectivity index (χ2v) is 7.07. The van der Waals surface area contributed by atoms with E-state index in [0.29, 0.717) is 0 Å². The van der Waals surface area contributed by atoms with E-state index in [4.69, 9.17) is 4.74 Å². The molecule has 2 heterocycles. The lowest BCUT2D eigenvalue weighted by molar-refractivity contribution is 0.0694. The lowest BCUT2D eigenvalue weighted by Crippen LogP contribution is -2.45. The lowest BCUT2D eigenvalue weighted by Gasteiger charge is -2.38. The number of hydrogen-bond acceptors (Lipinski definition) is 3. The molecule has 0 aliphatic carbocycles. The molecule has 0 radical (unpaired) electrons. The van der Waals surface area contributed by atoms with Gasteiger partial charge in [0, 0.05) is 38.8 Å². The Balaban J connectivity index is 0.00000243. The van der Waals surface area contributed by atoms with Gasteiger partial charge in [0.25, 0.3) is 0 Å². The van der Waals surface area contributed by atoms with E-state index in [0.717, 1.165) is 31.1 Å². The molecule has 1 aromatic carbocycles. The van der Waals surface area contributed by atoms with Crippen LogP contribution in [-0.2, 0) is 13.5 Å². The molecule has 7 heteroatoms. The molecule has 0 saturated carbocycles. The van der Waals surface area contributed by atoms with Gasteiger partial charge in [-0.25, -0.2) is 0 Å². The Hall–Kier alpha value is -1.77. The van der Waals surface area contributed by atoms with Gasteiger partial charge in [-0.05, 0) is 31.9 Å². The summed E-state index contributed by atoms with van der Waals surface area (Å²) in [7, 11) is 3.73. The number of halogens is 1. The summed E-state index contributed by atoms with van der Waals surface area (Å²) in [6.45, 7) is 5.05. The van der Waals surface area contributed by atoms with E-state index in [1.807, 2.05) is 42.3 Å². The van der Waals surface area contributed by atoms with E-state index >= 15 is 0 Å². The summed E-state index contributed by atoms with van der Waals surface area (Å²) in [6.07, 6.45) is 5.72. The molecule has 0 bridgehead atoms. The first kappa shape index (κ1) is 20.5. The van der Waals surface area contributed by atoms with Crippen molar-refractivity contribution >= 4 is 29.9 Å². The maximum absolute atomic E-state index is 6.10. The molecule has 1 atom stereocenters. The molecule has 0 fully saturated rings. The molecule has 2 N–H and O–H groups in total. The number of ether oxygens (including phenoxy) is 1. The molecular weight excluding hydrogens is 441 g/mol. The Labute approximate surface area is 172 Å². The highest BCUT2D eigenvalue weighted by Crippen LogP contribution is 2.39. The van der Waals surface area contributed by atoms with Crippen molar-refractivity contribution in [2.75, 3.05) is 13.6 Å². The number of aliphatic imine (C=N–C) groups is 1. The number of rotatable bonds is 4. The van der Waals surface area contributed by atoms with Crippen molar-refractivity contribution in [2.24, 2.45) is 12.0 Å². The highest BCUT2D eigenvalue weighted by atomic mass is 127. The molecule has 1 aromatic heterocycles. The van der Waals surface area contributed by atoms with Crippen LogP contribution in [0.4, 0.5) is 0 Å². The first-order valence-electron chi connectivity index (χ1n) is 8.69. The van der Waals surface area contributed by atoms with Gasteiger partial charge >= 0.3 is 0 Å². The molecule has 0 spiro atoms. The number of hydrogen-bond donors (Lipinski definition) is 2. The standard InChI is InChI=1S/C19H27N5O.HI/c1-19(2)11-16(15-7-5-6-8-17(15)25-19)23-18(20-3)21-10-9-14-12-22-24(4)13-14;/h5-8,12-13,16H,9-11H2,1-4H3,(H2,20,21,23);1H. The molecule has 6 nitrogen and oxygen atoms in total. The van der Waals surface area contributed by atoms with E-state index < -0.39 is 0 Å². The summed E-state index contributed by atoms with van der Waals surface area (Å²) in [5.74, 6) is 1.75. The van der Waals surface area contributed by atoms with Crippen LogP contribution in [0.2, 0.25) is 0 Å². The quantitative estimate of drug-likeness (QED) is 0.411. The number of fused-ring (bicyclic) bond motifs is 1. The average molecular weight is 469 g/mol. The molecule has 0 amide bonds. The third-order valence-electron chi connectivity index (χ3n) is 4.38. The second kappa shape index (κ2) is 8.75. The van der Waals surface area contributed by atoms with Gasteiger partial charge in [0.2, 0.25) is 0 Å². The smallest absolute Gasteiger partial charge is 0.191 e. The van der Waals surface area contributed by atoms with Crippen molar-refractivity contribution in [1.82, 2.24) is 20.4 Å². The molecule has 1 aliphatic rings. The Morgan fingerprint density at radius 3 is 2.85 bits per heavy atom. The zero-order valence-corrected chi connectivity index (χ0v) is 18.2. The summed E-state index contributed by atoms with van der Waals surface area (Å²) in [4.78, 5) is 4.37. The van der Waals surface area contributed by atoms with E-state index in [-0.39, 0.29) is 35.6 Å². The van der Waals surface area contributed by atoms with Crippen LogP contribution in [0.25, 0.3) is 0 Å². The van der Waals surface area contributed by atoms with Gasteiger partial charge < -0.3 is 15.4 Å². The van der Waals surface area contributed by atoms with Gasteiger partial charge in [-0.2, -0.15) is 5.10 Å². The Kier molecular flexibility index (Phi) is 6.91. The zero-order chi connectivity index (χ0) is 17.9. The van der Waals surface area contributed by atoms with Gasteiger partial charge in [-0.3, -0.25) is 9.67 Å². The van der Waals surface area contributed by atoms with Crippen LogP contribution in [0.1, 0.15) is 37.4 Å². The van der Waals surface area contributed by atoms with Crippen molar-refractivity contribution < 1.29 is 4.74 Å². The minimum absolute atomic E-state index is 0. The third kappa shape index (κ3) is 5.12. The molecular formula is C19H28IN5O. The number of benzene rings is 1. The minimum atomic E-state index is -0.208. The van der Waals surface area contributed by atoms with Crippen molar-refractivity contribution in [3.05, 3.63) is 47.8 Å². The molecule has 3 rings (SSSR count). The van der Waals surface area contributed by atoms with Crippen molar-refractivity contribution in [3.8, 4) is 5.75 Å². The Bertz CT molecular complexity index is 756. The zero-order valence-electron chi connectivity index (χ0n) is 15.8. The number of para-hydroxylation sites is 1. The summed E-state index contributed by atoms with van der Waals surface area (Å²) >= 11 is 0. The maximum Gasteiger partial charge on any atom is 0.191 e. The fourth-order valence-electron chi connectivity index (χ4n) is 3.22. The summed E-state index contributed by atoms with van der Waals surface area (Å²) < 4.78 is 7.92. The van der Waals surface area contributed by atoms with Gasteiger partial charge in [-0.1, -0.05) is 18.2 Å². The van der Waals surface area contributed by atoms with Gasteiger partial charge in [0.15, 0.2) is 5.96 Å².